The molecule has 3 N–H and O–H groups in total. The van der Waals surface area contributed by atoms with Gasteiger partial charge in [-0.1, -0.05) is 77.4 Å². The monoisotopic (exact) mass is 486 g/mol. The van der Waals surface area contributed by atoms with E-state index in [1.54, 1.807) is 0 Å². The van der Waals surface area contributed by atoms with Gasteiger partial charge in [0.15, 0.2) is 6.10 Å². The number of carbonyl (C=O) groups excluding carboxylic acids is 3. The van der Waals surface area contributed by atoms with Gasteiger partial charge >= 0.3 is 6.09 Å². The van der Waals surface area contributed by atoms with E-state index in [1.807, 2.05) is 60.7 Å². The van der Waals surface area contributed by atoms with Crippen LogP contribution in [0.5, 0.6) is 0 Å². The summed E-state index contributed by atoms with van der Waals surface area (Å²) >= 11 is 5.81. The first-order valence-corrected chi connectivity index (χ1v) is 11.3. The maximum Gasteiger partial charge on any atom is 0.408 e. The Bertz CT molecular complexity index is 1000. The van der Waals surface area contributed by atoms with Gasteiger partial charge in [0.05, 0.1) is 6.54 Å². The molecular formula is C24H27ClN4O5. The molecule has 180 valence electrons. The minimum atomic E-state index is -0.917. The number of benzene rings is 2. The molecule has 3 atom stereocenters. The molecule has 0 bridgehead atoms. The average Bonchev–Trinajstić information content (AvgIpc) is 3.27. The van der Waals surface area contributed by atoms with Gasteiger partial charge in [-0.25, -0.2) is 4.79 Å². The van der Waals surface area contributed by atoms with Crippen LogP contribution < -0.4 is 16.0 Å². The average molecular weight is 487 g/mol. The second-order valence-corrected chi connectivity index (χ2v) is 8.26. The van der Waals surface area contributed by atoms with Crippen LogP contribution in [0.3, 0.4) is 0 Å². The molecule has 2 aromatic carbocycles. The number of rotatable bonds is 10. The molecular weight excluding hydrogens is 460 g/mol. The van der Waals surface area contributed by atoms with Crippen molar-refractivity contribution < 1.29 is 24.0 Å². The van der Waals surface area contributed by atoms with Gasteiger partial charge in [0, 0.05) is 12.8 Å². The Hall–Kier alpha value is -3.59. The lowest BCUT2D eigenvalue weighted by Gasteiger charge is -2.22. The van der Waals surface area contributed by atoms with E-state index in [1.165, 1.54) is 6.92 Å². The van der Waals surface area contributed by atoms with Gasteiger partial charge in [0.2, 0.25) is 11.8 Å². The summed E-state index contributed by atoms with van der Waals surface area (Å²) in [4.78, 5) is 42.8. The first kappa shape index (κ1) is 25.0. The zero-order valence-corrected chi connectivity index (χ0v) is 19.5. The van der Waals surface area contributed by atoms with Crippen LogP contribution in [0.15, 0.2) is 65.8 Å². The first-order valence-electron chi connectivity index (χ1n) is 10.9. The van der Waals surface area contributed by atoms with Gasteiger partial charge in [-0.2, -0.15) is 0 Å². The van der Waals surface area contributed by atoms with Gasteiger partial charge in [-0.15, -0.1) is 0 Å². The largest absolute Gasteiger partial charge is 0.445 e. The van der Waals surface area contributed by atoms with E-state index >= 15 is 0 Å². The van der Waals surface area contributed by atoms with Gasteiger partial charge < -0.3 is 25.5 Å². The lowest BCUT2D eigenvalue weighted by atomic mass is 10.0. The molecule has 2 aromatic rings. The topological polar surface area (TPSA) is 118 Å². The van der Waals surface area contributed by atoms with Crippen LogP contribution in [-0.4, -0.2) is 47.8 Å². The highest BCUT2D eigenvalue weighted by molar-refractivity contribution is 6.65. The quantitative estimate of drug-likeness (QED) is 0.477. The number of nitrogens with one attached hydrogen (secondary N) is 3. The van der Waals surface area contributed by atoms with E-state index < -0.39 is 24.1 Å². The van der Waals surface area contributed by atoms with E-state index in [2.05, 4.69) is 21.1 Å². The van der Waals surface area contributed by atoms with Gasteiger partial charge in [0.1, 0.15) is 23.9 Å². The van der Waals surface area contributed by atoms with E-state index in [9.17, 15) is 14.4 Å². The minimum absolute atomic E-state index is 0.0804. The number of alkyl carbamates (subject to hydrolysis) is 1. The summed E-state index contributed by atoms with van der Waals surface area (Å²) in [6.45, 7) is 1.79. The number of hydrogen-bond donors (Lipinski definition) is 3. The maximum absolute atomic E-state index is 12.9. The second kappa shape index (κ2) is 12.6. The summed E-state index contributed by atoms with van der Waals surface area (Å²) in [6, 6.07) is 16.7. The summed E-state index contributed by atoms with van der Waals surface area (Å²) < 4.78 is 5.16. The molecule has 1 aliphatic heterocycles. The zero-order valence-electron chi connectivity index (χ0n) is 18.7. The van der Waals surface area contributed by atoms with Crippen LogP contribution in [0.2, 0.25) is 0 Å². The highest BCUT2D eigenvalue weighted by Gasteiger charge is 2.27. The van der Waals surface area contributed by atoms with Gasteiger partial charge in [-0.3, -0.25) is 9.59 Å². The van der Waals surface area contributed by atoms with Crippen LogP contribution in [0, 0.1) is 0 Å². The van der Waals surface area contributed by atoms with Crippen molar-refractivity contribution in [3.8, 4) is 0 Å². The number of amides is 3. The van der Waals surface area contributed by atoms with Gasteiger partial charge in [-0.05, 0) is 18.1 Å². The van der Waals surface area contributed by atoms with Crippen molar-refractivity contribution in [3.05, 3.63) is 71.8 Å². The van der Waals surface area contributed by atoms with Crippen LogP contribution in [0.4, 0.5) is 4.79 Å². The molecule has 3 amide bonds. The number of halogens is 1. The molecule has 0 fully saturated rings. The van der Waals surface area contributed by atoms with E-state index in [4.69, 9.17) is 21.2 Å². The van der Waals surface area contributed by atoms with Crippen molar-refractivity contribution >= 4 is 34.7 Å². The second-order valence-electron chi connectivity index (χ2n) is 7.82. The molecule has 0 saturated heterocycles. The molecule has 3 rings (SSSR count). The number of carbonyl (C=O) groups is 3. The third-order valence-corrected chi connectivity index (χ3v) is 5.28. The smallest absolute Gasteiger partial charge is 0.408 e. The Labute approximate surface area is 202 Å². The van der Waals surface area contributed by atoms with Crippen molar-refractivity contribution in [2.45, 2.75) is 44.6 Å². The maximum atomic E-state index is 12.9. The van der Waals surface area contributed by atoms with Crippen molar-refractivity contribution in [1.82, 2.24) is 16.0 Å². The number of nitrogens with zero attached hydrogens (tertiary/aromatic N) is 1. The molecule has 9 nitrogen and oxygen atoms in total. The SMILES string of the molecule is C[C@H](NC(=O)OCc1ccccc1)C(=O)N[C@@H](Cc1ccccc1)C(=O)NCC1CC(Cl)=NO1. The van der Waals surface area contributed by atoms with E-state index in [0.717, 1.165) is 11.1 Å². The Morgan fingerprint density at radius 2 is 1.68 bits per heavy atom. The fraction of sp³-hybridized carbons (Fsp3) is 0.333. The molecule has 1 aliphatic rings. The Morgan fingerprint density at radius 1 is 1.03 bits per heavy atom. The molecule has 34 heavy (non-hydrogen) atoms. The standard InChI is InChI=1S/C24H27ClN4O5/c1-16(27-24(32)33-15-18-10-6-3-7-11-18)22(30)28-20(12-17-8-4-2-5-9-17)23(31)26-14-19-13-21(25)29-34-19/h2-11,16,19-20H,12-15H2,1H3,(H,26,31)(H,27,32)(H,28,30)/t16-,19?,20-/m0/s1. The van der Waals surface area contributed by atoms with Gasteiger partial charge in [0.25, 0.3) is 0 Å². The third kappa shape index (κ3) is 8.08. The lowest BCUT2D eigenvalue weighted by Crippen LogP contribution is -2.54. The number of hydrogen-bond acceptors (Lipinski definition) is 6. The van der Waals surface area contributed by atoms with E-state index in [0.29, 0.717) is 11.6 Å². The first-order chi connectivity index (χ1) is 16.4. The minimum Gasteiger partial charge on any atom is -0.445 e. The molecule has 0 aromatic heterocycles. The van der Waals surface area contributed by atoms with Crippen LogP contribution in [0.1, 0.15) is 24.5 Å². The normalized spacial score (nSPS) is 16.4. The van der Waals surface area contributed by atoms with E-state index in [-0.39, 0.29) is 31.6 Å². The molecule has 0 aliphatic carbocycles. The fourth-order valence-corrected chi connectivity index (χ4v) is 3.42. The summed E-state index contributed by atoms with van der Waals surface area (Å²) in [6.07, 6.45) is -0.411. The van der Waals surface area contributed by atoms with Crippen molar-refractivity contribution in [3.63, 3.8) is 0 Å². The summed E-state index contributed by atoms with van der Waals surface area (Å²) in [5.41, 5.74) is 1.70. The van der Waals surface area contributed by atoms with Crippen LogP contribution in [0.25, 0.3) is 0 Å². The predicted octanol–water partition coefficient (Wildman–Crippen LogP) is 2.49. The Balaban J connectivity index is 1.53. The molecule has 1 unspecified atom stereocenters. The van der Waals surface area contributed by atoms with Crippen LogP contribution in [-0.2, 0) is 32.2 Å². The molecule has 0 spiro atoms. The lowest BCUT2D eigenvalue weighted by molar-refractivity contribution is -0.130. The fourth-order valence-electron chi connectivity index (χ4n) is 3.20. The molecule has 0 radical (unpaired) electrons. The van der Waals surface area contributed by atoms with Crippen molar-refractivity contribution in [1.29, 1.82) is 0 Å². The zero-order chi connectivity index (χ0) is 24.3. The Kier molecular flexibility index (Phi) is 9.28. The summed E-state index contributed by atoms with van der Waals surface area (Å²) in [7, 11) is 0. The molecule has 0 saturated carbocycles. The molecule has 10 heteroatoms. The van der Waals surface area contributed by atoms with Crippen LogP contribution >= 0.6 is 11.6 Å². The highest BCUT2D eigenvalue weighted by atomic mass is 35.5. The number of ether oxygens (including phenoxy) is 1. The Morgan fingerprint density at radius 3 is 2.29 bits per heavy atom. The highest BCUT2D eigenvalue weighted by Crippen LogP contribution is 2.12. The van der Waals surface area contributed by atoms with Crippen molar-refractivity contribution in [2.24, 2.45) is 5.16 Å². The predicted molar refractivity (Wildman–Crippen MR) is 127 cm³/mol. The molecule has 1 heterocycles. The third-order valence-electron chi connectivity index (χ3n) is 5.06. The summed E-state index contributed by atoms with van der Waals surface area (Å²) in [5.74, 6) is -0.904. The van der Waals surface area contributed by atoms with Crippen molar-refractivity contribution in [2.75, 3.05) is 6.54 Å². The summed E-state index contributed by atoms with van der Waals surface area (Å²) in [5, 5.41) is 12.0. The number of oxime groups is 1.